The summed E-state index contributed by atoms with van der Waals surface area (Å²) in [6.45, 7) is 2.47. The predicted octanol–water partition coefficient (Wildman–Crippen LogP) is 6.33. The van der Waals surface area contributed by atoms with Crippen LogP contribution in [-0.4, -0.2) is 24.3 Å². The second-order valence-electron chi connectivity index (χ2n) is 8.98. The minimum Gasteiger partial charge on any atom is -0.461 e. The van der Waals surface area contributed by atoms with Gasteiger partial charge in [-0.15, -0.1) is 0 Å². The summed E-state index contributed by atoms with van der Waals surface area (Å²) >= 11 is 0. The fourth-order valence-electron chi connectivity index (χ4n) is 4.83. The molecule has 1 heterocycles. The predicted molar refractivity (Wildman–Crippen MR) is 161 cm³/mol. The highest BCUT2D eigenvalue weighted by Gasteiger charge is 2.29. The highest BCUT2D eigenvalue weighted by molar-refractivity contribution is 7.87. The Morgan fingerprint density at radius 2 is 1.31 bits per heavy atom. The summed E-state index contributed by atoms with van der Waals surface area (Å²) in [7, 11) is -0.997. The fourth-order valence-corrected chi connectivity index (χ4v) is 8.34. The van der Waals surface area contributed by atoms with Crippen molar-refractivity contribution in [3.05, 3.63) is 133 Å². The Kier molecular flexibility index (Phi) is 8.21. The molecule has 0 N–H and O–H groups in total. The van der Waals surface area contributed by atoms with E-state index in [1.165, 1.54) is 0 Å². The lowest BCUT2D eigenvalue weighted by Gasteiger charge is -2.27. The van der Waals surface area contributed by atoms with Crippen LogP contribution < -0.4 is 15.9 Å². The number of methoxy groups -OCH3 is 1. The molecular weight excluding hydrogens is 503 g/mol. The third-order valence-corrected chi connectivity index (χ3v) is 10.2. The van der Waals surface area contributed by atoms with E-state index in [9.17, 15) is 4.79 Å². The van der Waals surface area contributed by atoms with Crippen LogP contribution in [0.15, 0.2) is 132 Å². The Morgan fingerprint density at radius 3 is 1.82 bits per heavy atom. The van der Waals surface area contributed by atoms with Gasteiger partial charge in [-0.3, -0.25) is 0 Å². The van der Waals surface area contributed by atoms with Crippen LogP contribution in [0.25, 0.3) is 17.0 Å². The zero-order valence-corrected chi connectivity index (χ0v) is 23.0. The van der Waals surface area contributed by atoms with Crippen LogP contribution in [-0.2, 0) is 21.0 Å². The van der Waals surface area contributed by atoms with E-state index in [2.05, 4.69) is 36.4 Å². The van der Waals surface area contributed by atoms with Gasteiger partial charge in [0.2, 0.25) is 0 Å². The molecule has 5 rings (SSSR count). The molecule has 0 radical (unpaired) electrons. The van der Waals surface area contributed by atoms with Gasteiger partial charge in [0.05, 0.1) is 19.2 Å². The van der Waals surface area contributed by atoms with E-state index in [0.717, 1.165) is 32.4 Å². The molecule has 0 aliphatic carbocycles. The molecule has 4 aromatic carbocycles. The van der Waals surface area contributed by atoms with Gasteiger partial charge < -0.3 is 14.0 Å². The number of esters is 1. The fraction of sp³-hybridized carbons (Fsp3) is 0.121. The SMILES string of the molecule is CCOC(=O)/C(=C/c1cn(COC)c2ccccc12)N=P(c1ccccc1)(c1ccccc1)c1ccccc1. The number of aromatic nitrogens is 1. The molecule has 0 saturated heterocycles. The molecule has 0 atom stereocenters. The number of nitrogens with zero attached hydrogens (tertiary/aromatic N) is 2. The number of benzene rings is 4. The summed E-state index contributed by atoms with van der Waals surface area (Å²) in [6, 6.07) is 38.8. The molecule has 39 heavy (non-hydrogen) atoms. The van der Waals surface area contributed by atoms with Crippen molar-refractivity contribution in [3.63, 3.8) is 0 Å². The first kappa shape index (κ1) is 26.4. The van der Waals surface area contributed by atoms with Crippen LogP contribution in [0.5, 0.6) is 0 Å². The number of carbonyl (C=O) groups excluding carboxylic acids is 1. The van der Waals surface area contributed by atoms with Crippen LogP contribution >= 0.6 is 7.05 Å². The highest BCUT2D eigenvalue weighted by Crippen LogP contribution is 2.48. The van der Waals surface area contributed by atoms with E-state index in [4.69, 9.17) is 14.2 Å². The van der Waals surface area contributed by atoms with Gasteiger partial charge in [0.1, 0.15) is 12.4 Å². The number of rotatable bonds is 9. The topological polar surface area (TPSA) is 52.8 Å². The maximum absolute atomic E-state index is 13.6. The monoisotopic (exact) mass is 534 g/mol. The lowest BCUT2D eigenvalue weighted by Crippen LogP contribution is -2.26. The summed E-state index contributed by atoms with van der Waals surface area (Å²) in [5.41, 5.74) is 2.17. The van der Waals surface area contributed by atoms with E-state index in [0.29, 0.717) is 6.73 Å². The number of ether oxygens (including phenoxy) is 2. The molecule has 5 aromatic rings. The average molecular weight is 535 g/mol. The van der Waals surface area contributed by atoms with Crippen LogP contribution in [0.1, 0.15) is 12.5 Å². The first-order valence-corrected chi connectivity index (χ1v) is 14.7. The van der Waals surface area contributed by atoms with E-state index in [1.54, 1.807) is 7.11 Å². The maximum Gasteiger partial charge on any atom is 0.356 e. The molecule has 0 spiro atoms. The molecule has 1 aromatic heterocycles. The zero-order chi connectivity index (χ0) is 27.1. The summed E-state index contributed by atoms with van der Waals surface area (Å²) in [5.74, 6) is -0.451. The zero-order valence-electron chi connectivity index (χ0n) is 22.1. The largest absolute Gasteiger partial charge is 0.461 e. The van der Waals surface area contributed by atoms with Crippen molar-refractivity contribution in [1.82, 2.24) is 4.57 Å². The molecule has 0 aliphatic heterocycles. The maximum atomic E-state index is 13.6. The van der Waals surface area contributed by atoms with E-state index in [-0.39, 0.29) is 12.3 Å². The normalized spacial score (nSPS) is 11.9. The third-order valence-electron chi connectivity index (χ3n) is 6.51. The molecule has 0 saturated carbocycles. The minimum atomic E-state index is -2.67. The number of hydrogen-bond donors (Lipinski definition) is 0. The van der Waals surface area contributed by atoms with Gasteiger partial charge in [-0.25, -0.2) is 9.54 Å². The van der Waals surface area contributed by atoms with Gasteiger partial charge in [0.25, 0.3) is 0 Å². The van der Waals surface area contributed by atoms with Gasteiger partial charge in [-0.1, -0.05) is 109 Å². The van der Waals surface area contributed by atoms with E-state index >= 15 is 0 Å². The average Bonchev–Trinajstić information content (AvgIpc) is 3.34. The van der Waals surface area contributed by atoms with Crippen molar-refractivity contribution in [2.24, 2.45) is 4.74 Å². The summed E-state index contributed by atoms with van der Waals surface area (Å²) in [5, 5.41) is 4.17. The molecule has 0 fully saturated rings. The quantitative estimate of drug-likeness (QED) is 0.126. The van der Waals surface area contributed by atoms with Gasteiger partial charge in [0, 0.05) is 40.2 Å². The van der Waals surface area contributed by atoms with Gasteiger partial charge >= 0.3 is 5.97 Å². The summed E-state index contributed by atoms with van der Waals surface area (Å²) < 4.78 is 18.5. The van der Waals surface area contributed by atoms with Crippen LogP contribution in [0.3, 0.4) is 0 Å². The number of para-hydroxylation sites is 1. The van der Waals surface area contributed by atoms with Crippen molar-refractivity contribution in [3.8, 4) is 0 Å². The molecule has 0 aliphatic rings. The van der Waals surface area contributed by atoms with Gasteiger partial charge in [-0.2, -0.15) is 0 Å². The molecule has 0 bridgehead atoms. The standard InChI is InChI=1S/C33H31N2O3P/c1-3-38-33(36)31(23-26-24-35(25-37-2)32-22-14-13-21-30(26)32)34-39(27-15-7-4-8-16-27,28-17-9-5-10-18-28)29-19-11-6-12-20-29/h4-24H,3,25H2,1-2H3/b31-23-. The van der Waals surface area contributed by atoms with Crippen molar-refractivity contribution in [2.75, 3.05) is 13.7 Å². The van der Waals surface area contributed by atoms with Crippen LogP contribution in [0.4, 0.5) is 0 Å². The molecule has 6 heteroatoms. The van der Waals surface area contributed by atoms with Crippen molar-refractivity contribution in [2.45, 2.75) is 13.7 Å². The minimum absolute atomic E-state index is 0.255. The number of carbonyl (C=O) groups is 1. The molecule has 5 nitrogen and oxygen atoms in total. The Balaban J connectivity index is 1.87. The second-order valence-corrected chi connectivity index (χ2v) is 12.0. The van der Waals surface area contributed by atoms with Crippen molar-refractivity contribution < 1.29 is 14.3 Å². The van der Waals surface area contributed by atoms with E-state index in [1.807, 2.05) is 103 Å². The highest BCUT2D eigenvalue weighted by atomic mass is 31.2. The lowest BCUT2D eigenvalue weighted by molar-refractivity contribution is -0.138. The van der Waals surface area contributed by atoms with Gasteiger partial charge in [0.15, 0.2) is 0 Å². The number of hydrogen-bond acceptors (Lipinski definition) is 4. The first-order valence-electron chi connectivity index (χ1n) is 12.9. The number of fused-ring (bicyclic) bond motifs is 1. The molecule has 0 unspecified atom stereocenters. The van der Waals surface area contributed by atoms with E-state index < -0.39 is 13.0 Å². The van der Waals surface area contributed by atoms with Gasteiger partial charge in [-0.05, 0) is 19.1 Å². The van der Waals surface area contributed by atoms with Crippen molar-refractivity contribution >= 4 is 45.9 Å². The Bertz CT molecular complexity index is 1540. The Hall–Kier alpha value is -4.18. The molecule has 196 valence electrons. The first-order chi connectivity index (χ1) is 19.2. The third kappa shape index (κ3) is 5.37. The van der Waals surface area contributed by atoms with Crippen molar-refractivity contribution in [1.29, 1.82) is 0 Å². The van der Waals surface area contributed by atoms with Crippen LogP contribution in [0.2, 0.25) is 0 Å². The molecule has 0 amide bonds. The summed E-state index contributed by atoms with van der Waals surface area (Å²) in [4.78, 5) is 13.6. The van der Waals surface area contributed by atoms with Crippen LogP contribution in [0, 0.1) is 0 Å². The summed E-state index contributed by atoms with van der Waals surface area (Å²) in [6.07, 6.45) is 3.85. The molecular formula is C33H31N2O3P. The smallest absolute Gasteiger partial charge is 0.356 e. The Morgan fingerprint density at radius 1 is 0.795 bits per heavy atom. The lowest BCUT2D eigenvalue weighted by atomic mass is 10.1. The Labute approximate surface area is 229 Å². The second kappa shape index (κ2) is 12.1.